The highest BCUT2D eigenvalue weighted by Gasteiger charge is 2.25. The zero-order valence-corrected chi connectivity index (χ0v) is 27.0. The third-order valence-corrected chi connectivity index (χ3v) is 9.48. The molecule has 242 valence electrons. The van der Waals surface area contributed by atoms with Crippen LogP contribution in [0.2, 0.25) is 0 Å². The number of hydrogen-bond donors (Lipinski definition) is 5. The Balaban J connectivity index is 1.56. The number of aliphatic hydroxyl groups is 1. The van der Waals surface area contributed by atoms with E-state index in [0.29, 0.717) is 18.9 Å². The second-order valence-corrected chi connectivity index (χ2v) is 13.8. The molecule has 0 unspecified atom stereocenters. The molecule has 5 N–H and O–H groups in total. The third-order valence-electron chi connectivity index (χ3n) is 8.28. The fourth-order valence-corrected chi connectivity index (χ4v) is 5.91. The molecular weight excluding hydrogens is 590 g/mol. The number of rotatable bonds is 14. The van der Waals surface area contributed by atoms with Crippen LogP contribution in [0.25, 0.3) is 0 Å². The van der Waals surface area contributed by atoms with Gasteiger partial charge < -0.3 is 26.4 Å². The molecule has 1 aliphatic heterocycles. The maximum Gasteiger partial charge on any atom is 0.251 e. The van der Waals surface area contributed by atoms with Crippen LogP contribution in [0.5, 0.6) is 0 Å². The molecule has 0 bridgehead atoms. The number of anilines is 1. The van der Waals surface area contributed by atoms with Gasteiger partial charge in [-0.3, -0.25) is 13.9 Å². The molecule has 10 nitrogen and oxygen atoms in total. The number of nitrogens with one attached hydrogen (secondary N) is 4. The fourth-order valence-electron chi connectivity index (χ4n) is 5.42. The molecule has 0 saturated carbocycles. The number of carbonyl (C=O) groups excluding carboxylic acids is 2. The van der Waals surface area contributed by atoms with E-state index in [9.17, 15) is 23.1 Å². The Hall–Kier alpha value is -3.77. The van der Waals surface area contributed by atoms with E-state index in [0.717, 1.165) is 54.2 Å². The number of aliphatic hydroxyl groups excluding tert-OH is 1. The van der Waals surface area contributed by atoms with Gasteiger partial charge in [-0.2, -0.15) is 0 Å². The molecule has 0 aliphatic carbocycles. The average Bonchev–Trinajstić information content (AvgIpc) is 3.04. The summed E-state index contributed by atoms with van der Waals surface area (Å²) in [6.45, 7) is 4.90. The molecular formula is C34H45N5O5S. The van der Waals surface area contributed by atoms with E-state index in [2.05, 4.69) is 21.3 Å². The normalized spacial score (nSPS) is 15.9. The lowest BCUT2D eigenvalue weighted by Crippen LogP contribution is -2.49. The third kappa shape index (κ3) is 10.1. The van der Waals surface area contributed by atoms with E-state index in [1.54, 1.807) is 0 Å². The molecule has 3 aromatic carbocycles. The number of amides is 2. The van der Waals surface area contributed by atoms with Gasteiger partial charge in [0, 0.05) is 24.7 Å². The molecule has 1 saturated heterocycles. The Kier molecular flexibility index (Phi) is 12.1. The van der Waals surface area contributed by atoms with Crippen molar-refractivity contribution in [1.82, 2.24) is 21.3 Å². The van der Waals surface area contributed by atoms with Crippen LogP contribution in [-0.2, 0) is 16.4 Å². The van der Waals surface area contributed by atoms with Gasteiger partial charge in [-0.25, -0.2) is 8.42 Å². The van der Waals surface area contributed by atoms with Crippen molar-refractivity contribution in [2.45, 2.75) is 44.4 Å². The number of benzene rings is 3. The van der Waals surface area contributed by atoms with Gasteiger partial charge in [-0.05, 0) is 81.1 Å². The first kappa shape index (κ1) is 34.1. The highest BCUT2D eigenvalue weighted by Crippen LogP contribution is 2.22. The quantitative estimate of drug-likeness (QED) is 0.184. The van der Waals surface area contributed by atoms with E-state index in [4.69, 9.17) is 0 Å². The Bertz CT molecular complexity index is 1510. The van der Waals surface area contributed by atoms with Gasteiger partial charge in [-0.15, -0.1) is 0 Å². The van der Waals surface area contributed by atoms with Gasteiger partial charge >= 0.3 is 0 Å². The van der Waals surface area contributed by atoms with Crippen molar-refractivity contribution in [2.24, 2.45) is 5.92 Å². The molecule has 45 heavy (non-hydrogen) atoms. The molecule has 0 spiro atoms. The predicted octanol–water partition coefficient (Wildman–Crippen LogP) is 2.86. The molecule has 3 aromatic rings. The minimum absolute atomic E-state index is 0.105. The summed E-state index contributed by atoms with van der Waals surface area (Å²) in [6.07, 6.45) is 2.69. The summed E-state index contributed by atoms with van der Waals surface area (Å²) < 4.78 is 25.9. The summed E-state index contributed by atoms with van der Waals surface area (Å²) in [5.74, 6) is -0.446. The van der Waals surface area contributed by atoms with Crippen LogP contribution in [0.1, 0.15) is 57.7 Å². The van der Waals surface area contributed by atoms with Crippen LogP contribution in [0.4, 0.5) is 5.69 Å². The lowest BCUT2D eigenvalue weighted by molar-refractivity contribution is 0.0827. The van der Waals surface area contributed by atoms with Gasteiger partial charge in [0.1, 0.15) is 0 Å². The first-order chi connectivity index (χ1) is 21.5. The lowest BCUT2D eigenvalue weighted by atomic mass is 9.97. The number of sulfonamides is 1. The number of carbonyl (C=O) groups is 2. The summed E-state index contributed by atoms with van der Waals surface area (Å²) in [6, 6.07) is 22.4. The van der Waals surface area contributed by atoms with Crippen molar-refractivity contribution in [3.05, 3.63) is 101 Å². The molecule has 0 radical (unpaired) electrons. The Labute approximate surface area is 266 Å². The minimum atomic E-state index is -3.69. The van der Waals surface area contributed by atoms with Crippen molar-refractivity contribution in [3.63, 3.8) is 0 Å². The van der Waals surface area contributed by atoms with Crippen LogP contribution in [0.3, 0.4) is 0 Å². The van der Waals surface area contributed by atoms with Gasteiger partial charge in [0.25, 0.3) is 11.8 Å². The van der Waals surface area contributed by atoms with Crippen LogP contribution >= 0.6 is 0 Å². The maximum atomic E-state index is 13.8. The van der Waals surface area contributed by atoms with Gasteiger partial charge in [0.15, 0.2) is 0 Å². The fraction of sp³-hybridized carbons (Fsp3) is 0.412. The highest BCUT2D eigenvalue weighted by atomic mass is 32.2. The average molecular weight is 636 g/mol. The number of hydrogen-bond acceptors (Lipinski definition) is 7. The maximum absolute atomic E-state index is 13.8. The van der Waals surface area contributed by atoms with E-state index in [-0.39, 0.29) is 22.9 Å². The Morgan fingerprint density at radius 2 is 1.51 bits per heavy atom. The molecule has 2 amide bonds. The minimum Gasteiger partial charge on any atom is -0.390 e. The zero-order chi connectivity index (χ0) is 32.4. The van der Waals surface area contributed by atoms with Crippen molar-refractivity contribution in [3.8, 4) is 0 Å². The van der Waals surface area contributed by atoms with Gasteiger partial charge in [0.05, 0.1) is 30.1 Å². The molecule has 11 heteroatoms. The lowest BCUT2D eigenvalue weighted by Gasteiger charge is -2.27. The summed E-state index contributed by atoms with van der Waals surface area (Å²) in [5.41, 5.74) is 2.26. The van der Waals surface area contributed by atoms with E-state index >= 15 is 0 Å². The van der Waals surface area contributed by atoms with Crippen molar-refractivity contribution >= 4 is 27.5 Å². The Morgan fingerprint density at radius 1 is 0.933 bits per heavy atom. The van der Waals surface area contributed by atoms with Gasteiger partial charge in [-0.1, -0.05) is 60.7 Å². The molecule has 0 aromatic heterocycles. The van der Waals surface area contributed by atoms with Crippen LogP contribution in [0, 0.1) is 5.92 Å². The molecule has 1 heterocycles. The predicted molar refractivity (Wildman–Crippen MR) is 178 cm³/mol. The first-order valence-corrected chi connectivity index (χ1v) is 17.2. The molecule has 1 aliphatic rings. The van der Waals surface area contributed by atoms with Crippen LogP contribution in [-0.4, -0.2) is 77.0 Å². The largest absolute Gasteiger partial charge is 0.390 e. The van der Waals surface area contributed by atoms with Crippen LogP contribution < -0.4 is 25.6 Å². The van der Waals surface area contributed by atoms with E-state index in [1.165, 1.54) is 25.2 Å². The second-order valence-electron chi connectivity index (χ2n) is 11.8. The highest BCUT2D eigenvalue weighted by molar-refractivity contribution is 7.92. The monoisotopic (exact) mass is 635 g/mol. The summed E-state index contributed by atoms with van der Waals surface area (Å²) in [4.78, 5) is 27.1. The SMILES string of the molecule is C[C@@H](NC(=O)c1cc(C(=O)N[C@@H](Cc2ccccc2)[C@H](O)CNCC2CCNCC2)cc(N(C)S(C)(=O)=O)c1)c1ccccc1. The zero-order valence-electron chi connectivity index (χ0n) is 26.2. The second kappa shape index (κ2) is 16.0. The summed E-state index contributed by atoms with van der Waals surface area (Å²) >= 11 is 0. The Morgan fingerprint density at radius 3 is 2.11 bits per heavy atom. The van der Waals surface area contributed by atoms with E-state index in [1.807, 2.05) is 67.6 Å². The molecule has 4 rings (SSSR count). The summed E-state index contributed by atoms with van der Waals surface area (Å²) in [7, 11) is -2.31. The first-order valence-electron chi connectivity index (χ1n) is 15.4. The van der Waals surface area contributed by atoms with Crippen molar-refractivity contribution in [2.75, 3.05) is 43.8 Å². The number of nitrogens with zero attached hydrogens (tertiary/aromatic N) is 1. The van der Waals surface area contributed by atoms with Crippen molar-refractivity contribution < 1.29 is 23.1 Å². The topological polar surface area (TPSA) is 140 Å². The smallest absolute Gasteiger partial charge is 0.251 e. The van der Waals surface area contributed by atoms with Crippen molar-refractivity contribution in [1.29, 1.82) is 0 Å². The molecule has 3 atom stereocenters. The molecule has 1 fully saturated rings. The van der Waals surface area contributed by atoms with Crippen LogP contribution in [0.15, 0.2) is 78.9 Å². The van der Waals surface area contributed by atoms with E-state index < -0.39 is 34.0 Å². The standard InChI is InChI=1S/C34H45N5O5S/c1-24(27-12-8-5-9-13-27)37-33(41)28-19-29(21-30(20-28)39(2)45(3,43)44)34(42)38-31(18-25-10-6-4-7-11-25)32(40)23-36-22-26-14-16-35-17-15-26/h4-13,19-21,24,26,31-32,35-36,40H,14-18,22-23H2,1-3H3,(H,37,41)(H,38,42)/t24-,31+,32-/m1/s1. The van der Waals surface area contributed by atoms with Gasteiger partial charge in [0.2, 0.25) is 10.0 Å². The number of piperidine rings is 1. The summed E-state index contributed by atoms with van der Waals surface area (Å²) in [5, 5.41) is 23.9.